The first-order chi connectivity index (χ1) is 17.2. The standard InChI is InChI=1S/C23H33N5O9/c1-11(2)19(22(35)27-16(23(36)37)9-12-3-5-13(29)6-4-12)28-21(34)15(10-18(31)32)26-20(33)14(24)7-8-17(25)30/h3-6,11,14-16,19,29H,7-10,24H2,1-2H3,(H2,25,30)(H,26,33)(H,27,35)(H,28,34)(H,31,32)(H,36,37). The van der Waals surface area contributed by atoms with Gasteiger partial charge in [0.1, 0.15) is 23.9 Å². The molecular weight excluding hydrogens is 490 g/mol. The average Bonchev–Trinajstić information content (AvgIpc) is 2.80. The molecule has 4 unspecified atom stereocenters. The van der Waals surface area contributed by atoms with Crippen LogP contribution < -0.4 is 27.4 Å². The Morgan fingerprint density at radius 2 is 1.43 bits per heavy atom. The summed E-state index contributed by atoms with van der Waals surface area (Å²) in [6.45, 7) is 3.15. The second-order valence-corrected chi connectivity index (χ2v) is 8.77. The summed E-state index contributed by atoms with van der Waals surface area (Å²) >= 11 is 0. The number of carbonyl (C=O) groups excluding carboxylic acids is 4. The van der Waals surface area contributed by atoms with E-state index in [0.717, 1.165) is 0 Å². The van der Waals surface area contributed by atoms with Crippen molar-refractivity contribution in [3.8, 4) is 5.75 Å². The van der Waals surface area contributed by atoms with Crippen LogP contribution in [0.5, 0.6) is 5.75 Å². The van der Waals surface area contributed by atoms with Crippen molar-refractivity contribution in [2.75, 3.05) is 0 Å². The molecule has 14 nitrogen and oxygen atoms in total. The summed E-state index contributed by atoms with van der Waals surface area (Å²) in [7, 11) is 0. The van der Waals surface area contributed by atoms with E-state index in [9.17, 15) is 39.0 Å². The number of rotatable bonds is 15. The van der Waals surface area contributed by atoms with E-state index in [1.165, 1.54) is 24.3 Å². The lowest BCUT2D eigenvalue weighted by atomic mass is 10.0. The maximum absolute atomic E-state index is 12.9. The van der Waals surface area contributed by atoms with Crippen LogP contribution in [0.4, 0.5) is 0 Å². The fraction of sp³-hybridized carbons (Fsp3) is 0.478. The molecule has 0 aliphatic heterocycles. The van der Waals surface area contributed by atoms with Crippen molar-refractivity contribution >= 4 is 35.6 Å². The number of phenols is 1. The molecule has 1 aromatic carbocycles. The third-order valence-corrected chi connectivity index (χ3v) is 5.29. The highest BCUT2D eigenvalue weighted by Crippen LogP contribution is 2.12. The lowest BCUT2D eigenvalue weighted by Gasteiger charge is -2.26. The van der Waals surface area contributed by atoms with Crippen molar-refractivity contribution in [2.45, 2.75) is 63.7 Å². The number of benzene rings is 1. The Balaban J connectivity index is 2.96. The Bertz CT molecular complexity index is 997. The van der Waals surface area contributed by atoms with Gasteiger partial charge < -0.3 is 42.7 Å². The number of nitrogens with one attached hydrogen (secondary N) is 3. The number of phenolic OH excluding ortho intramolecular Hbond substituents is 1. The van der Waals surface area contributed by atoms with Crippen LogP contribution in [0.1, 0.15) is 38.7 Å². The Morgan fingerprint density at radius 3 is 1.92 bits per heavy atom. The largest absolute Gasteiger partial charge is 0.508 e. The van der Waals surface area contributed by atoms with Crippen molar-refractivity contribution in [3.63, 3.8) is 0 Å². The summed E-state index contributed by atoms with van der Waals surface area (Å²) < 4.78 is 0. The molecule has 1 aromatic rings. The molecule has 37 heavy (non-hydrogen) atoms. The number of primary amides is 1. The highest BCUT2D eigenvalue weighted by molar-refractivity contribution is 5.95. The highest BCUT2D eigenvalue weighted by Gasteiger charge is 2.33. The number of hydrogen-bond acceptors (Lipinski definition) is 8. The van der Waals surface area contributed by atoms with Gasteiger partial charge in [-0.15, -0.1) is 0 Å². The molecule has 0 saturated heterocycles. The Labute approximate surface area is 212 Å². The van der Waals surface area contributed by atoms with Gasteiger partial charge in [-0.2, -0.15) is 0 Å². The van der Waals surface area contributed by atoms with Crippen molar-refractivity contribution in [1.29, 1.82) is 0 Å². The van der Waals surface area contributed by atoms with Crippen LogP contribution >= 0.6 is 0 Å². The van der Waals surface area contributed by atoms with Gasteiger partial charge in [-0.3, -0.25) is 24.0 Å². The van der Waals surface area contributed by atoms with Crippen LogP contribution in [0.3, 0.4) is 0 Å². The van der Waals surface area contributed by atoms with E-state index in [4.69, 9.17) is 16.6 Å². The first-order valence-electron chi connectivity index (χ1n) is 11.4. The fourth-order valence-electron chi connectivity index (χ4n) is 3.21. The number of amides is 4. The SMILES string of the molecule is CC(C)C(NC(=O)C(CC(=O)O)NC(=O)C(N)CCC(N)=O)C(=O)NC(Cc1ccc(O)cc1)C(=O)O. The lowest BCUT2D eigenvalue weighted by Crippen LogP contribution is -2.59. The van der Waals surface area contributed by atoms with Crippen molar-refractivity contribution in [3.05, 3.63) is 29.8 Å². The Kier molecular flexibility index (Phi) is 12.0. The molecule has 4 amide bonds. The quantitative estimate of drug-likeness (QED) is 0.128. The van der Waals surface area contributed by atoms with Gasteiger partial charge in [-0.05, 0) is 30.0 Å². The topological polar surface area (TPSA) is 251 Å². The van der Waals surface area contributed by atoms with Gasteiger partial charge in [-0.25, -0.2) is 4.79 Å². The first kappa shape index (κ1) is 30.8. The number of hydrogen-bond donors (Lipinski definition) is 8. The zero-order chi connectivity index (χ0) is 28.3. The van der Waals surface area contributed by atoms with Gasteiger partial charge in [-0.1, -0.05) is 26.0 Å². The monoisotopic (exact) mass is 523 g/mol. The lowest BCUT2D eigenvalue weighted by molar-refractivity contribution is -0.143. The van der Waals surface area contributed by atoms with Crippen LogP contribution in [0.25, 0.3) is 0 Å². The summed E-state index contributed by atoms with van der Waals surface area (Å²) in [5, 5.41) is 35.0. The molecule has 0 bridgehead atoms. The van der Waals surface area contributed by atoms with Crippen LogP contribution in [0.15, 0.2) is 24.3 Å². The molecule has 0 heterocycles. The van der Waals surface area contributed by atoms with Crippen LogP contribution in [-0.4, -0.2) is 75.1 Å². The van der Waals surface area contributed by atoms with Crippen LogP contribution in [-0.2, 0) is 35.2 Å². The molecular formula is C23H33N5O9. The Hall–Kier alpha value is -4.20. The van der Waals surface area contributed by atoms with Gasteiger partial charge in [0, 0.05) is 12.8 Å². The van der Waals surface area contributed by atoms with Gasteiger partial charge in [0.2, 0.25) is 23.6 Å². The minimum atomic E-state index is -1.61. The number of carboxylic acids is 2. The molecule has 4 atom stereocenters. The molecule has 10 N–H and O–H groups in total. The number of aliphatic carboxylic acids is 2. The third-order valence-electron chi connectivity index (χ3n) is 5.29. The summed E-state index contributed by atoms with van der Waals surface area (Å²) in [5.74, 6) is -6.75. The molecule has 0 spiro atoms. The number of nitrogens with two attached hydrogens (primary N) is 2. The zero-order valence-corrected chi connectivity index (χ0v) is 20.5. The summed E-state index contributed by atoms with van der Waals surface area (Å²) in [6.07, 6.45) is -1.27. The molecule has 1 rings (SSSR count). The molecule has 0 aliphatic rings. The average molecular weight is 524 g/mol. The van der Waals surface area contributed by atoms with Gasteiger partial charge >= 0.3 is 11.9 Å². The van der Waals surface area contributed by atoms with E-state index < -0.39 is 72.1 Å². The van der Waals surface area contributed by atoms with E-state index in [1.807, 2.05) is 0 Å². The van der Waals surface area contributed by atoms with E-state index >= 15 is 0 Å². The first-order valence-corrected chi connectivity index (χ1v) is 11.4. The molecule has 0 saturated carbocycles. The number of aromatic hydroxyl groups is 1. The molecule has 0 aromatic heterocycles. The minimum absolute atomic E-state index is 0.0147. The van der Waals surface area contributed by atoms with E-state index in [2.05, 4.69) is 16.0 Å². The molecule has 204 valence electrons. The van der Waals surface area contributed by atoms with E-state index in [-0.39, 0.29) is 25.0 Å². The maximum atomic E-state index is 12.9. The normalized spacial score (nSPS) is 14.1. The van der Waals surface area contributed by atoms with E-state index in [0.29, 0.717) is 5.56 Å². The molecule has 14 heteroatoms. The second kappa shape index (κ2) is 14.4. The van der Waals surface area contributed by atoms with Gasteiger partial charge in [0.05, 0.1) is 12.5 Å². The second-order valence-electron chi connectivity index (χ2n) is 8.77. The summed E-state index contributed by atoms with van der Waals surface area (Å²) in [5.41, 5.74) is 11.2. The molecule has 0 radical (unpaired) electrons. The zero-order valence-electron chi connectivity index (χ0n) is 20.5. The van der Waals surface area contributed by atoms with Gasteiger partial charge in [0.15, 0.2) is 0 Å². The summed E-state index contributed by atoms with van der Waals surface area (Å²) in [6, 6.07) is 0.231. The Morgan fingerprint density at radius 1 is 0.865 bits per heavy atom. The van der Waals surface area contributed by atoms with Crippen molar-refractivity contribution in [2.24, 2.45) is 17.4 Å². The van der Waals surface area contributed by atoms with E-state index in [1.54, 1.807) is 13.8 Å². The number of carboxylic acid groups (broad SMARTS) is 2. The summed E-state index contributed by atoms with van der Waals surface area (Å²) in [4.78, 5) is 71.9. The van der Waals surface area contributed by atoms with Crippen molar-refractivity contribution < 1.29 is 44.1 Å². The predicted molar refractivity (Wildman–Crippen MR) is 129 cm³/mol. The maximum Gasteiger partial charge on any atom is 0.326 e. The van der Waals surface area contributed by atoms with Crippen molar-refractivity contribution in [1.82, 2.24) is 16.0 Å². The van der Waals surface area contributed by atoms with Crippen LogP contribution in [0, 0.1) is 5.92 Å². The number of carbonyl (C=O) groups is 6. The van der Waals surface area contributed by atoms with Crippen LogP contribution in [0.2, 0.25) is 0 Å². The predicted octanol–water partition coefficient (Wildman–Crippen LogP) is -1.80. The molecule has 0 fully saturated rings. The highest BCUT2D eigenvalue weighted by atomic mass is 16.4. The minimum Gasteiger partial charge on any atom is -0.508 e. The van der Waals surface area contributed by atoms with Gasteiger partial charge in [0.25, 0.3) is 0 Å². The fourth-order valence-corrected chi connectivity index (χ4v) is 3.21. The smallest absolute Gasteiger partial charge is 0.326 e. The molecule has 0 aliphatic carbocycles. The third kappa shape index (κ3) is 10.9.